The van der Waals surface area contributed by atoms with Gasteiger partial charge in [-0.1, -0.05) is 12.1 Å². The molecular weight excluding hydrogens is 308 g/mol. The third-order valence-electron chi connectivity index (χ3n) is 4.42. The van der Waals surface area contributed by atoms with Gasteiger partial charge in [0.1, 0.15) is 0 Å². The molecule has 0 saturated carbocycles. The van der Waals surface area contributed by atoms with E-state index in [0.29, 0.717) is 13.1 Å². The Hall–Kier alpha value is -1.04. The largest absolute Gasteiger partial charge is 0.372 e. The Morgan fingerprint density at radius 1 is 1.13 bits per heavy atom. The predicted octanol–water partition coefficient (Wildman–Crippen LogP) is 2.48. The van der Waals surface area contributed by atoms with Crippen molar-refractivity contribution in [3.63, 3.8) is 0 Å². The fourth-order valence-corrected chi connectivity index (χ4v) is 4.28. The number of nitrogens with zero attached hydrogens (tertiary/aromatic N) is 2. The van der Waals surface area contributed by atoms with E-state index >= 15 is 0 Å². The first-order valence-electron chi connectivity index (χ1n) is 8.45. The Morgan fingerprint density at radius 2 is 1.74 bits per heavy atom. The van der Waals surface area contributed by atoms with Crippen LogP contribution >= 0.6 is 11.8 Å². The summed E-state index contributed by atoms with van der Waals surface area (Å²) in [7, 11) is 0. The molecule has 0 bridgehead atoms. The van der Waals surface area contributed by atoms with E-state index < -0.39 is 0 Å². The fraction of sp³-hybridized carbons (Fsp3) is 0.611. The summed E-state index contributed by atoms with van der Waals surface area (Å²) in [5.74, 6) is 2.57. The molecule has 2 aliphatic rings. The van der Waals surface area contributed by atoms with Gasteiger partial charge in [-0.15, -0.1) is 0 Å². The molecule has 126 valence electrons. The summed E-state index contributed by atoms with van der Waals surface area (Å²) in [6.45, 7) is 8.71. The van der Waals surface area contributed by atoms with Crippen molar-refractivity contribution in [3.05, 3.63) is 35.4 Å². The van der Waals surface area contributed by atoms with Crippen molar-refractivity contribution in [3.8, 4) is 0 Å². The van der Waals surface area contributed by atoms with Crippen molar-refractivity contribution < 1.29 is 9.53 Å². The van der Waals surface area contributed by atoms with Crippen LogP contribution in [0.3, 0.4) is 0 Å². The molecule has 0 aromatic heterocycles. The first-order chi connectivity index (χ1) is 11.1. The summed E-state index contributed by atoms with van der Waals surface area (Å²) in [5, 5.41) is 0. The zero-order valence-corrected chi connectivity index (χ0v) is 14.8. The van der Waals surface area contributed by atoms with E-state index in [9.17, 15) is 4.79 Å². The average molecular weight is 334 g/mol. The standard InChI is InChI=1S/C18H26N2O2S/c1-14-11-20(12-15(2)22-14)18(21)17-5-3-16(4-6-17)13-19-7-9-23-10-8-19/h3-6,14-15H,7-13H2,1-2H3. The van der Waals surface area contributed by atoms with Crippen molar-refractivity contribution in [1.29, 1.82) is 0 Å². The molecule has 3 rings (SSSR count). The summed E-state index contributed by atoms with van der Waals surface area (Å²) >= 11 is 2.03. The molecule has 0 spiro atoms. The lowest BCUT2D eigenvalue weighted by atomic mass is 10.1. The van der Waals surface area contributed by atoms with Crippen molar-refractivity contribution in [2.45, 2.75) is 32.6 Å². The Bertz CT molecular complexity index is 518. The zero-order chi connectivity index (χ0) is 16.2. The number of rotatable bonds is 3. The molecule has 4 nitrogen and oxygen atoms in total. The molecule has 0 N–H and O–H groups in total. The normalized spacial score (nSPS) is 26.3. The quantitative estimate of drug-likeness (QED) is 0.850. The lowest BCUT2D eigenvalue weighted by Crippen LogP contribution is -2.48. The molecule has 2 unspecified atom stereocenters. The number of hydrogen-bond acceptors (Lipinski definition) is 4. The molecule has 0 aliphatic carbocycles. The Balaban J connectivity index is 1.60. The summed E-state index contributed by atoms with van der Waals surface area (Å²) in [6.07, 6.45) is 0.220. The number of benzene rings is 1. The van der Waals surface area contributed by atoms with Crippen molar-refractivity contribution in [2.24, 2.45) is 0 Å². The van der Waals surface area contributed by atoms with Crippen LogP contribution < -0.4 is 0 Å². The van der Waals surface area contributed by atoms with Crippen molar-refractivity contribution in [1.82, 2.24) is 9.80 Å². The number of carbonyl (C=O) groups excluding carboxylic acids is 1. The first kappa shape index (κ1) is 16.8. The van der Waals surface area contributed by atoms with Gasteiger partial charge >= 0.3 is 0 Å². The van der Waals surface area contributed by atoms with Crippen LogP contribution in [0.2, 0.25) is 0 Å². The van der Waals surface area contributed by atoms with Crippen LogP contribution in [0.5, 0.6) is 0 Å². The summed E-state index contributed by atoms with van der Waals surface area (Å²) < 4.78 is 5.70. The van der Waals surface area contributed by atoms with Gasteiger partial charge < -0.3 is 9.64 Å². The second-order valence-electron chi connectivity index (χ2n) is 6.55. The van der Waals surface area contributed by atoms with Crippen LogP contribution in [-0.4, -0.2) is 65.6 Å². The van der Waals surface area contributed by atoms with Gasteiger partial charge in [0.25, 0.3) is 5.91 Å². The minimum absolute atomic E-state index is 0.110. The number of hydrogen-bond donors (Lipinski definition) is 0. The second-order valence-corrected chi connectivity index (χ2v) is 7.78. The molecule has 1 aromatic carbocycles. The molecule has 1 amide bonds. The molecule has 0 radical (unpaired) electrons. The average Bonchev–Trinajstić information content (AvgIpc) is 2.55. The molecule has 2 saturated heterocycles. The van der Waals surface area contributed by atoms with E-state index in [4.69, 9.17) is 4.74 Å². The van der Waals surface area contributed by atoms with E-state index in [0.717, 1.165) is 25.2 Å². The second kappa shape index (κ2) is 7.69. The molecule has 2 heterocycles. The molecule has 2 aliphatic heterocycles. The molecule has 5 heteroatoms. The molecular formula is C18H26N2O2S. The van der Waals surface area contributed by atoms with Gasteiger partial charge in [-0.2, -0.15) is 11.8 Å². The van der Waals surface area contributed by atoms with Crippen LogP contribution in [0.4, 0.5) is 0 Å². The Kier molecular flexibility index (Phi) is 5.62. The van der Waals surface area contributed by atoms with E-state index in [1.807, 2.05) is 42.6 Å². The van der Waals surface area contributed by atoms with Gasteiger partial charge in [0, 0.05) is 49.8 Å². The van der Waals surface area contributed by atoms with Crippen LogP contribution in [0.25, 0.3) is 0 Å². The minimum atomic E-state index is 0.110. The Labute approximate surface area is 143 Å². The van der Waals surface area contributed by atoms with E-state index in [1.165, 1.54) is 17.1 Å². The van der Waals surface area contributed by atoms with Gasteiger partial charge in [-0.3, -0.25) is 9.69 Å². The van der Waals surface area contributed by atoms with Crippen LogP contribution in [-0.2, 0) is 11.3 Å². The Morgan fingerprint density at radius 3 is 2.35 bits per heavy atom. The van der Waals surface area contributed by atoms with Crippen LogP contribution in [0, 0.1) is 0 Å². The van der Waals surface area contributed by atoms with E-state index in [1.54, 1.807) is 0 Å². The SMILES string of the molecule is CC1CN(C(=O)c2ccc(CN3CCSCC3)cc2)CC(C)O1. The molecule has 23 heavy (non-hydrogen) atoms. The molecule has 2 fully saturated rings. The van der Waals surface area contributed by atoms with Crippen molar-refractivity contribution in [2.75, 3.05) is 37.7 Å². The summed E-state index contributed by atoms with van der Waals surface area (Å²) in [5.41, 5.74) is 2.07. The minimum Gasteiger partial charge on any atom is -0.372 e. The smallest absolute Gasteiger partial charge is 0.254 e. The lowest BCUT2D eigenvalue weighted by Gasteiger charge is -2.35. The monoisotopic (exact) mass is 334 g/mol. The first-order valence-corrected chi connectivity index (χ1v) is 9.61. The predicted molar refractivity (Wildman–Crippen MR) is 95.0 cm³/mol. The highest BCUT2D eigenvalue weighted by Crippen LogP contribution is 2.17. The number of thioether (sulfide) groups is 1. The van der Waals surface area contributed by atoms with Crippen LogP contribution in [0.1, 0.15) is 29.8 Å². The summed E-state index contributed by atoms with van der Waals surface area (Å²) in [4.78, 5) is 17.0. The highest BCUT2D eigenvalue weighted by molar-refractivity contribution is 7.99. The summed E-state index contributed by atoms with van der Waals surface area (Å²) in [6, 6.07) is 8.15. The maximum absolute atomic E-state index is 12.6. The van der Waals surface area contributed by atoms with E-state index in [-0.39, 0.29) is 18.1 Å². The van der Waals surface area contributed by atoms with Crippen molar-refractivity contribution >= 4 is 17.7 Å². The van der Waals surface area contributed by atoms with Gasteiger partial charge in [0.05, 0.1) is 12.2 Å². The molecule has 2 atom stereocenters. The van der Waals surface area contributed by atoms with Gasteiger partial charge in [0.15, 0.2) is 0 Å². The van der Waals surface area contributed by atoms with Gasteiger partial charge in [-0.25, -0.2) is 0 Å². The third-order valence-corrected chi connectivity index (χ3v) is 5.36. The third kappa shape index (κ3) is 4.49. The topological polar surface area (TPSA) is 32.8 Å². The number of ether oxygens (including phenoxy) is 1. The maximum Gasteiger partial charge on any atom is 0.254 e. The number of morpholine rings is 1. The highest BCUT2D eigenvalue weighted by Gasteiger charge is 2.26. The van der Waals surface area contributed by atoms with Crippen LogP contribution in [0.15, 0.2) is 24.3 Å². The highest BCUT2D eigenvalue weighted by atomic mass is 32.2. The maximum atomic E-state index is 12.6. The van der Waals surface area contributed by atoms with Gasteiger partial charge in [0.2, 0.25) is 0 Å². The molecule has 1 aromatic rings. The zero-order valence-electron chi connectivity index (χ0n) is 14.0. The number of carbonyl (C=O) groups is 1. The lowest BCUT2D eigenvalue weighted by molar-refractivity contribution is -0.0586. The fourth-order valence-electron chi connectivity index (χ4n) is 3.30. The van der Waals surface area contributed by atoms with Gasteiger partial charge in [-0.05, 0) is 31.5 Å². The number of amides is 1. The van der Waals surface area contributed by atoms with E-state index in [2.05, 4.69) is 17.0 Å².